The number of rotatable bonds is 4. The molecule has 0 aromatic heterocycles. The van der Waals surface area contributed by atoms with E-state index < -0.39 is 0 Å². The van der Waals surface area contributed by atoms with E-state index in [0.29, 0.717) is 24.7 Å². The third-order valence-electron chi connectivity index (χ3n) is 4.20. The molecule has 0 aromatic rings. The van der Waals surface area contributed by atoms with Crippen molar-refractivity contribution in [2.24, 2.45) is 5.92 Å². The van der Waals surface area contributed by atoms with Crippen molar-refractivity contribution in [3.05, 3.63) is 0 Å². The maximum atomic E-state index is 11.9. The SMILES string of the molecule is CCCC1NCC(=O)N1C(C)C1CCCC1. The smallest absolute Gasteiger partial charge is 0.238 e. The largest absolute Gasteiger partial charge is 0.323 e. The van der Waals surface area contributed by atoms with Gasteiger partial charge in [0.1, 0.15) is 0 Å². The second-order valence-electron chi connectivity index (χ2n) is 5.27. The molecule has 0 aromatic carbocycles. The normalized spacial score (nSPS) is 29.0. The fourth-order valence-corrected chi connectivity index (χ4v) is 3.26. The first kappa shape index (κ1) is 11.9. The van der Waals surface area contributed by atoms with Gasteiger partial charge in [-0.25, -0.2) is 0 Å². The van der Waals surface area contributed by atoms with E-state index in [4.69, 9.17) is 0 Å². The standard InChI is InChI=1S/C13H24N2O/c1-3-6-12-14-9-13(16)15(12)10(2)11-7-4-5-8-11/h10-12,14H,3-9H2,1-2H3. The van der Waals surface area contributed by atoms with Gasteiger partial charge in [-0.3, -0.25) is 10.1 Å². The monoisotopic (exact) mass is 224 g/mol. The fourth-order valence-electron chi connectivity index (χ4n) is 3.26. The van der Waals surface area contributed by atoms with Gasteiger partial charge < -0.3 is 4.90 Å². The molecule has 1 N–H and O–H groups in total. The van der Waals surface area contributed by atoms with Crippen molar-refractivity contribution < 1.29 is 4.79 Å². The van der Waals surface area contributed by atoms with Crippen LogP contribution in [0, 0.1) is 5.92 Å². The molecule has 92 valence electrons. The third-order valence-corrected chi connectivity index (χ3v) is 4.20. The first-order valence-electron chi connectivity index (χ1n) is 6.78. The lowest BCUT2D eigenvalue weighted by molar-refractivity contribution is -0.131. The molecule has 0 spiro atoms. The van der Waals surface area contributed by atoms with Crippen LogP contribution in [0.25, 0.3) is 0 Å². The van der Waals surface area contributed by atoms with Crippen LogP contribution in [0.4, 0.5) is 0 Å². The van der Waals surface area contributed by atoms with Gasteiger partial charge in [0.15, 0.2) is 0 Å². The second-order valence-corrected chi connectivity index (χ2v) is 5.27. The van der Waals surface area contributed by atoms with Crippen molar-refractivity contribution >= 4 is 5.91 Å². The van der Waals surface area contributed by atoms with E-state index in [2.05, 4.69) is 24.1 Å². The first-order chi connectivity index (χ1) is 7.74. The Bertz CT molecular complexity index is 248. The van der Waals surface area contributed by atoms with Crippen LogP contribution in [-0.2, 0) is 4.79 Å². The minimum absolute atomic E-state index is 0.299. The van der Waals surface area contributed by atoms with Crippen LogP contribution in [0.15, 0.2) is 0 Å². The molecule has 3 heteroatoms. The van der Waals surface area contributed by atoms with Crippen LogP contribution in [0.1, 0.15) is 52.4 Å². The molecule has 2 fully saturated rings. The van der Waals surface area contributed by atoms with E-state index in [1.54, 1.807) is 0 Å². The van der Waals surface area contributed by atoms with Gasteiger partial charge in [0.2, 0.25) is 5.91 Å². The Morgan fingerprint density at radius 3 is 2.75 bits per heavy atom. The van der Waals surface area contributed by atoms with Gasteiger partial charge in [0.25, 0.3) is 0 Å². The maximum absolute atomic E-state index is 11.9. The average Bonchev–Trinajstić information content (AvgIpc) is 2.88. The lowest BCUT2D eigenvalue weighted by atomic mass is 9.97. The Morgan fingerprint density at radius 2 is 2.12 bits per heavy atom. The summed E-state index contributed by atoms with van der Waals surface area (Å²) in [4.78, 5) is 14.0. The Morgan fingerprint density at radius 1 is 1.44 bits per heavy atom. The lowest BCUT2D eigenvalue weighted by Gasteiger charge is -2.34. The van der Waals surface area contributed by atoms with E-state index in [9.17, 15) is 4.79 Å². The van der Waals surface area contributed by atoms with Gasteiger partial charge in [-0.1, -0.05) is 26.2 Å². The zero-order chi connectivity index (χ0) is 11.5. The predicted molar refractivity (Wildman–Crippen MR) is 65.0 cm³/mol. The average molecular weight is 224 g/mol. The van der Waals surface area contributed by atoms with Crippen LogP contribution in [0.2, 0.25) is 0 Å². The zero-order valence-electron chi connectivity index (χ0n) is 10.5. The minimum Gasteiger partial charge on any atom is -0.323 e. The zero-order valence-corrected chi connectivity index (χ0v) is 10.5. The summed E-state index contributed by atoms with van der Waals surface area (Å²) in [5.41, 5.74) is 0. The number of hydrogen-bond donors (Lipinski definition) is 1. The molecule has 1 heterocycles. The summed E-state index contributed by atoms with van der Waals surface area (Å²) in [6.45, 7) is 4.97. The molecule has 2 atom stereocenters. The van der Waals surface area contributed by atoms with E-state index in [0.717, 1.165) is 18.8 Å². The van der Waals surface area contributed by atoms with Crippen molar-refractivity contribution in [1.29, 1.82) is 0 Å². The van der Waals surface area contributed by atoms with Crippen molar-refractivity contribution in [3.63, 3.8) is 0 Å². The molecule has 2 aliphatic rings. The van der Waals surface area contributed by atoms with Crippen LogP contribution >= 0.6 is 0 Å². The van der Waals surface area contributed by atoms with Gasteiger partial charge >= 0.3 is 0 Å². The molecule has 16 heavy (non-hydrogen) atoms. The van der Waals surface area contributed by atoms with Crippen molar-refractivity contribution in [1.82, 2.24) is 10.2 Å². The Kier molecular flexibility index (Phi) is 3.85. The lowest BCUT2D eigenvalue weighted by Crippen LogP contribution is -2.46. The molecule has 1 saturated heterocycles. The molecule has 0 bridgehead atoms. The van der Waals surface area contributed by atoms with E-state index in [1.807, 2.05) is 0 Å². The molecule has 1 aliphatic carbocycles. The molecular formula is C13H24N2O. The summed E-state index contributed by atoms with van der Waals surface area (Å²) in [6.07, 6.45) is 7.84. The van der Waals surface area contributed by atoms with E-state index in [-0.39, 0.29) is 0 Å². The maximum Gasteiger partial charge on any atom is 0.238 e. The van der Waals surface area contributed by atoms with Crippen LogP contribution in [-0.4, -0.2) is 29.6 Å². The number of hydrogen-bond acceptors (Lipinski definition) is 2. The molecular weight excluding hydrogens is 200 g/mol. The Balaban J connectivity index is 2.00. The molecule has 1 saturated carbocycles. The van der Waals surface area contributed by atoms with Gasteiger partial charge in [-0.2, -0.15) is 0 Å². The van der Waals surface area contributed by atoms with Gasteiger partial charge in [0, 0.05) is 6.04 Å². The molecule has 3 nitrogen and oxygen atoms in total. The van der Waals surface area contributed by atoms with Crippen molar-refractivity contribution in [2.45, 2.75) is 64.6 Å². The van der Waals surface area contributed by atoms with Crippen LogP contribution < -0.4 is 5.32 Å². The highest BCUT2D eigenvalue weighted by atomic mass is 16.2. The summed E-state index contributed by atoms with van der Waals surface area (Å²) < 4.78 is 0. The molecule has 1 aliphatic heterocycles. The van der Waals surface area contributed by atoms with Gasteiger partial charge in [-0.05, 0) is 32.1 Å². The molecule has 0 radical (unpaired) electrons. The molecule has 1 amide bonds. The minimum atomic E-state index is 0.299. The van der Waals surface area contributed by atoms with Crippen molar-refractivity contribution in [3.8, 4) is 0 Å². The predicted octanol–water partition coefficient (Wildman–Crippen LogP) is 2.12. The second kappa shape index (κ2) is 5.17. The summed E-state index contributed by atoms with van der Waals surface area (Å²) >= 11 is 0. The Labute approximate surface area is 98.6 Å². The summed E-state index contributed by atoms with van der Waals surface area (Å²) in [7, 11) is 0. The molecule has 2 unspecified atom stereocenters. The van der Waals surface area contributed by atoms with E-state index in [1.165, 1.54) is 25.7 Å². The Hall–Kier alpha value is -0.570. The first-order valence-corrected chi connectivity index (χ1v) is 6.78. The highest BCUT2D eigenvalue weighted by Gasteiger charge is 2.37. The highest BCUT2D eigenvalue weighted by molar-refractivity contribution is 5.81. The number of carbonyl (C=O) groups is 1. The third kappa shape index (κ3) is 2.24. The van der Waals surface area contributed by atoms with Gasteiger partial charge in [-0.15, -0.1) is 0 Å². The van der Waals surface area contributed by atoms with Crippen molar-refractivity contribution in [2.75, 3.05) is 6.54 Å². The van der Waals surface area contributed by atoms with E-state index >= 15 is 0 Å². The quantitative estimate of drug-likeness (QED) is 0.793. The highest BCUT2D eigenvalue weighted by Crippen LogP contribution is 2.32. The van der Waals surface area contributed by atoms with Gasteiger partial charge in [0.05, 0.1) is 12.7 Å². The number of carbonyl (C=O) groups excluding carboxylic acids is 1. The molecule has 2 rings (SSSR count). The van der Waals surface area contributed by atoms with Crippen LogP contribution in [0.3, 0.4) is 0 Å². The summed E-state index contributed by atoms with van der Waals surface area (Å²) in [5, 5.41) is 3.34. The van der Waals surface area contributed by atoms with Crippen LogP contribution in [0.5, 0.6) is 0 Å². The number of nitrogens with one attached hydrogen (secondary N) is 1. The summed E-state index contributed by atoms with van der Waals surface area (Å²) in [5.74, 6) is 1.04. The number of nitrogens with zero attached hydrogens (tertiary/aromatic N) is 1. The summed E-state index contributed by atoms with van der Waals surface area (Å²) in [6, 6.07) is 0.432. The fraction of sp³-hybridized carbons (Fsp3) is 0.923. The topological polar surface area (TPSA) is 32.3 Å². The number of amides is 1.